The highest BCUT2D eigenvalue weighted by molar-refractivity contribution is 6.06. The number of nitrogens with two attached hydrogens (primary N) is 1. The highest BCUT2D eigenvalue weighted by Crippen LogP contribution is 2.22. The van der Waals surface area contributed by atoms with E-state index in [1.165, 1.54) is 0 Å². The number of H-pyrrole nitrogens is 1. The number of fused-ring (bicyclic) bond motifs is 3. The molecule has 0 unspecified atom stereocenters. The zero-order valence-corrected chi connectivity index (χ0v) is 8.27. The highest BCUT2D eigenvalue weighted by atomic mass is 16.1. The van der Waals surface area contributed by atoms with E-state index in [2.05, 4.69) is 15.0 Å². The zero-order valence-electron chi connectivity index (χ0n) is 8.27. The van der Waals surface area contributed by atoms with Gasteiger partial charge in [-0.2, -0.15) is 0 Å². The zero-order chi connectivity index (χ0) is 11.1. The normalized spacial score (nSPS) is 11.0. The van der Waals surface area contributed by atoms with Gasteiger partial charge in [0.1, 0.15) is 5.65 Å². The van der Waals surface area contributed by atoms with Crippen molar-refractivity contribution in [1.29, 1.82) is 0 Å². The summed E-state index contributed by atoms with van der Waals surface area (Å²) in [5, 5.41) is 1.93. The van der Waals surface area contributed by atoms with Crippen LogP contribution in [0.15, 0.2) is 30.5 Å². The Morgan fingerprint density at radius 3 is 2.88 bits per heavy atom. The van der Waals surface area contributed by atoms with Crippen molar-refractivity contribution in [3.05, 3.63) is 36.3 Å². The monoisotopic (exact) mass is 212 g/mol. The predicted molar refractivity (Wildman–Crippen MR) is 59.9 cm³/mol. The van der Waals surface area contributed by atoms with Crippen LogP contribution in [0.2, 0.25) is 0 Å². The van der Waals surface area contributed by atoms with E-state index in [4.69, 9.17) is 5.73 Å². The Morgan fingerprint density at radius 1 is 1.25 bits per heavy atom. The fourth-order valence-corrected chi connectivity index (χ4v) is 1.75. The molecule has 0 bridgehead atoms. The SMILES string of the molecule is NC(=O)c1ncc2c(n1)[nH]c1ccccc12. The first-order chi connectivity index (χ1) is 7.75. The minimum Gasteiger partial charge on any atom is -0.363 e. The molecule has 1 aromatic carbocycles. The quantitative estimate of drug-likeness (QED) is 0.635. The Balaban J connectivity index is 2.41. The maximum Gasteiger partial charge on any atom is 0.286 e. The molecule has 0 spiro atoms. The van der Waals surface area contributed by atoms with Gasteiger partial charge in [-0.05, 0) is 6.07 Å². The summed E-state index contributed by atoms with van der Waals surface area (Å²) in [7, 11) is 0. The van der Waals surface area contributed by atoms with E-state index in [1.807, 2.05) is 24.3 Å². The molecule has 16 heavy (non-hydrogen) atoms. The molecule has 0 aliphatic heterocycles. The number of aromatic nitrogens is 3. The van der Waals surface area contributed by atoms with Crippen LogP contribution in [0.4, 0.5) is 0 Å². The second-order valence-corrected chi connectivity index (χ2v) is 3.49. The minimum atomic E-state index is -0.624. The van der Waals surface area contributed by atoms with Gasteiger partial charge in [0.15, 0.2) is 0 Å². The van der Waals surface area contributed by atoms with E-state index >= 15 is 0 Å². The Kier molecular flexibility index (Phi) is 1.67. The largest absolute Gasteiger partial charge is 0.363 e. The van der Waals surface area contributed by atoms with Crippen LogP contribution in [0.1, 0.15) is 10.6 Å². The standard InChI is InChI=1S/C11H8N4O/c12-9(16)11-13-5-7-6-3-1-2-4-8(6)14-10(7)15-11/h1-5H,(H2,12,16)(H,13,14,15). The lowest BCUT2D eigenvalue weighted by molar-refractivity contribution is 0.0991. The maximum absolute atomic E-state index is 10.9. The summed E-state index contributed by atoms with van der Waals surface area (Å²) in [4.78, 5) is 22.1. The fourth-order valence-electron chi connectivity index (χ4n) is 1.75. The molecule has 0 radical (unpaired) electrons. The molecule has 0 saturated carbocycles. The van der Waals surface area contributed by atoms with Crippen molar-refractivity contribution in [3.63, 3.8) is 0 Å². The molecule has 0 fully saturated rings. The van der Waals surface area contributed by atoms with Gasteiger partial charge in [0.2, 0.25) is 5.82 Å². The van der Waals surface area contributed by atoms with E-state index in [0.29, 0.717) is 5.65 Å². The van der Waals surface area contributed by atoms with Crippen molar-refractivity contribution in [2.45, 2.75) is 0 Å². The van der Waals surface area contributed by atoms with Gasteiger partial charge in [0.25, 0.3) is 5.91 Å². The number of rotatable bonds is 1. The second kappa shape index (κ2) is 3.03. The van der Waals surface area contributed by atoms with E-state index in [1.54, 1.807) is 6.20 Å². The number of para-hydroxylation sites is 1. The Bertz CT molecular complexity index is 701. The maximum atomic E-state index is 10.9. The van der Waals surface area contributed by atoms with E-state index in [-0.39, 0.29) is 5.82 Å². The first-order valence-corrected chi connectivity index (χ1v) is 4.79. The second-order valence-electron chi connectivity index (χ2n) is 3.49. The molecule has 3 N–H and O–H groups in total. The summed E-state index contributed by atoms with van der Waals surface area (Å²) in [6.07, 6.45) is 1.61. The van der Waals surface area contributed by atoms with E-state index < -0.39 is 5.91 Å². The average molecular weight is 212 g/mol. The molecule has 0 atom stereocenters. The number of benzene rings is 1. The highest BCUT2D eigenvalue weighted by Gasteiger charge is 2.09. The number of carbonyl (C=O) groups is 1. The lowest BCUT2D eigenvalue weighted by atomic mass is 10.2. The summed E-state index contributed by atoms with van der Waals surface area (Å²) in [6, 6.07) is 7.79. The summed E-state index contributed by atoms with van der Waals surface area (Å²) in [6.45, 7) is 0. The van der Waals surface area contributed by atoms with E-state index in [9.17, 15) is 4.79 Å². The lowest BCUT2D eigenvalue weighted by Crippen LogP contribution is -2.14. The third-order valence-corrected chi connectivity index (χ3v) is 2.48. The fraction of sp³-hybridized carbons (Fsp3) is 0. The number of amides is 1. The van der Waals surface area contributed by atoms with E-state index in [0.717, 1.165) is 16.3 Å². The first-order valence-electron chi connectivity index (χ1n) is 4.79. The third kappa shape index (κ3) is 1.15. The summed E-state index contributed by atoms with van der Waals surface area (Å²) in [5.41, 5.74) is 6.72. The average Bonchev–Trinajstić information content (AvgIpc) is 2.66. The molecule has 3 aromatic rings. The van der Waals surface area contributed by atoms with Crippen LogP contribution in [0.5, 0.6) is 0 Å². The summed E-state index contributed by atoms with van der Waals surface area (Å²) >= 11 is 0. The third-order valence-electron chi connectivity index (χ3n) is 2.48. The Hall–Kier alpha value is -2.43. The van der Waals surface area contributed by atoms with Gasteiger partial charge in [-0.25, -0.2) is 9.97 Å². The van der Waals surface area contributed by atoms with Crippen LogP contribution in [0.3, 0.4) is 0 Å². The Morgan fingerprint density at radius 2 is 2.06 bits per heavy atom. The predicted octanol–water partition coefficient (Wildman–Crippen LogP) is 1.21. The first kappa shape index (κ1) is 8.84. The smallest absolute Gasteiger partial charge is 0.286 e. The van der Waals surface area contributed by atoms with Crippen molar-refractivity contribution in [3.8, 4) is 0 Å². The van der Waals surface area contributed by atoms with Crippen LogP contribution in [0.25, 0.3) is 21.9 Å². The molecule has 0 saturated heterocycles. The number of nitrogens with zero attached hydrogens (tertiary/aromatic N) is 2. The van der Waals surface area contributed by atoms with Gasteiger partial charge in [0, 0.05) is 22.5 Å². The number of hydrogen-bond donors (Lipinski definition) is 2. The molecular weight excluding hydrogens is 204 g/mol. The van der Waals surface area contributed by atoms with Crippen molar-refractivity contribution in [2.75, 3.05) is 0 Å². The molecule has 2 heterocycles. The number of aromatic amines is 1. The van der Waals surface area contributed by atoms with Crippen molar-refractivity contribution in [2.24, 2.45) is 5.73 Å². The molecule has 3 rings (SSSR count). The van der Waals surface area contributed by atoms with Gasteiger partial charge in [0.05, 0.1) is 0 Å². The molecule has 1 amide bonds. The van der Waals surface area contributed by atoms with Gasteiger partial charge < -0.3 is 10.7 Å². The van der Waals surface area contributed by atoms with Crippen LogP contribution >= 0.6 is 0 Å². The van der Waals surface area contributed by atoms with Crippen LogP contribution in [-0.4, -0.2) is 20.9 Å². The topological polar surface area (TPSA) is 84.7 Å². The lowest BCUT2D eigenvalue weighted by Gasteiger charge is -1.93. The van der Waals surface area contributed by atoms with Crippen molar-refractivity contribution < 1.29 is 4.79 Å². The van der Waals surface area contributed by atoms with Gasteiger partial charge in [-0.1, -0.05) is 18.2 Å². The van der Waals surface area contributed by atoms with Crippen molar-refractivity contribution in [1.82, 2.24) is 15.0 Å². The molecular formula is C11H8N4O. The number of nitrogens with one attached hydrogen (secondary N) is 1. The molecule has 2 aromatic heterocycles. The van der Waals surface area contributed by atoms with Crippen LogP contribution in [-0.2, 0) is 0 Å². The van der Waals surface area contributed by atoms with Crippen LogP contribution < -0.4 is 5.73 Å². The summed E-state index contributed by atoms with van der Waals surface area (Å²) in [5.74, 6) is -0.598. The number of hydrogen-bond acceptors (Lipinski definition) is 3. The van der Waals surface area contributed by atoms with Crippen LogP contribution in [0, 0.1) is 0 Å². The number of carbonyl (C=O) groups excluding carboxylic acids is 1. The molecule has 78 valence electrons. The molecule has 0 aliphatic carbocycles. The van der Waals surface area contributed by atoms with Gasteiger partial charge in [-0.3, -0.25) is 4.79 Å². The molecule has 5 nitrogen and oxygen atoms in total. The van der Waals surface area contributed by atoms with Crippen molar-refractivity contribution >= 4 is 27.8 Å². The molecule has 5 heteroatoms. The summed E-state index contributed by atoms with van der Waals surface area (Å²) < 4.78 is 0. The van der Waals surface area contributed by atoms with Gasteiger partial charge in [-0.15, -0.1) is 0 Å². The Labute approximate surface area is 90.3 Å². The minimum absolute atomic E-state index is 0.0269. The number of primary amides is 1. The molecule has 0 aliphatic rings. The van der Waals surface area contributed by atoms with Gasteiger partial charge >= 0.3 is 0 Å².